The Labute approximate surface area is 146 Å². The first-order chi connectivity index (χ1) is 11.9. The second-order valence-electron chi connectivity index (χ2n) is 6.13. The Kier molecular flexibility index (Phi) is 9.53. The van der Waals surface area contributed by atoms with Crippen LogP contribution in [0.2, 0.25) is 0 Å². The van der Waals surface area contributed by atoms with Crippen molar-refractivity contribution in [3.8, 4) is 0 Å². The van der Waals surface area contributed by atoms with Gasteiger partial charge in [-0.25, -0.2) is 15.2 Å². The molecule has 0 bridgehead atoms. The van der Waals surface area contributed by atoms with E-state index in [1.807, 2.05) is 0 Å². The Morgan fingerprint density at radius 3 is 2.00 bits per heavy atom. The van der Waals surface area contributed by atoms with Gasteiger partial charge in [0.15, 0.2) is 0 Å². The molecule has 0 aromatic carbocycles. The third kappa shape index (κ3) is 8.48. The van der Waals surface area contributed by atoms with Crippen LogP contribution in [0.4, 0.5) is 0 Å². The van der Waals surface area contributed by atoms with Gasteiger partial charge >= 0.3 is 11.9 Å². The number of carboxylic acids is 2. The SMILES string of the molecule is O=C(O)CNN1C(=O)CCCCCCCCCCC(=O)NC1C(=O)O. The number of nitrogens with one attached hydrogen (secondary N) is 2. The molecule has 0 saturated carbocycles. The second-order valence-corrected chi connectivity index (χ2v) is 6.13. The zero-order valence-corrected chi connectivity index (χ0v) is 14.3. The molecule has 1 saturated heterocycles. The standard InChI is InChI=1S/C16H27N3O6/c20-12-9-7-5-3-1-2-4-6-8-10-13(21)19(17-11-14(22)23)15(18-12)16(24)25/h15,17H,1-11H2,(H,18,20)(H,22,23)(H,24,25). The highest BCUT2D eigenvalue weighted by atomic mass is 16.4. The average molecular weight is 357 g/mol. The van der Waals surface area contributed by atoms with E-state index in [9.17, 15) is 24.3 Å². The lowest BCUT2D eigenvalue weighted by Crippen LogP contribution is -2.61. The first-order valence-electron chi connectivity index (χ1n) is 8.71. The van der Waals surface area contributed by atoms with Crippen LogP contribution in [0, 0.1) is 0 Å². The highest BCUT2D eigenvalue weighted by Gasteiger charge is 2.31. The number of hydrogen-bond donors (Lipinski definition) is 4. The maximum atomic E-state index is 12.3. The van der Waals surface area contributed by atoms with Crippen molar-refractivity contribution in [1.29, 1.82) is 0 Å². The molecule has 0 aromatic rings. The molecule has 9 heteroatoms. The molecule has 0 aromatic heterocycles. The quantitative estimate of drug-likeness (QED) is 0.585. The Morgan fingerprint density at radius 1 is 0.960 bits per heavy atom. The molecule has 4 N–H and O–H groups in total. The normalized spacial score (nSPS) is 21.8. The van der Waals surface area contributed by atoms with Gasteiger partial charge in [0.2, 0.25) is 18.0 Å². The van der Waals surface area contributed by atoms with Crippen LogP contribution in [0.3, 0.4) is 0 Å². The van der Waals surface area contributed by atoms with Crippen molar-refractivity contribution in [3.05, 3.63) is 0 Å². The molecule has 142 valence electrons. The molecule has 1 aliphatic heterocycles. The van der Waals surface area contributed by atoms with Crippen molar-refractivity contribution >= 4 is 23.8 Å². The van der Waals surface area contributed by atoms with E-state index in [0.717, 1.165) is 38.5 Å². The van der Waals surface area contributed by atoms with Crippen molar-refractivity contribution < 1.29 is 29.4 Å². The summed E-state index contributed by atoms with van der Waals surface area (Å²) in [5, 5.41) is 21.2. The highest BCUT2D eigenvalue weighted by Crippen LogP contribution is 2.12. The van der Waals surface area contributed by atoms with Gasteiger partial charge in [-0.15, -0.1) is 0 Å². The van der Waals surface area contributed by atoms with E-state index in [1.165, 1.54) is 0 Å². The van der Waals surface area contributed by atoms with Gasteiger partial charge in [-0.05, 0) is 12.8 Å². The molecule has 25 heavy (non-hydrogen) atoms. The molecule has 9 nitrogen and oxygen atoms in total. The van der Waals surface area contributed by atoms with Gasteiger partial charge in [0.1, 0.15) is 6.54 Å². The highest BCUT2D eigenvalue weighted by molar-refractivity contribution is 5.87. The van der Waals surface area contributed by atoms with Gasteiger partial charge < -0.3 is 15.5 Å². The van der Waals surface area contributed by atoms with Crippen LogP contribution in [0.1, 0.15) is 64.2 Å². The van der Waals surface area contributed by atoms with Crippen molar-refractivity contribution in [2.45, 2.75) is 70.4 Å². The first-order valence-corrected chi connectivity index (χ1v) is 8.71. The van der Waals surface area contributed by atoms with Crippen LogP contribution in [-0.4, -0.2) is 51.7 Å². The second kappa shape index (κ2) is 11.4. The zero-order valence-electron chi connectivity index (χ0n) is 14.3. The predicted octanol–water partition coefficient (Wildman–Crippen LogP) is 0.846. The number of carbonyl (C=O) groups excluding carboxylic acids is 2. The summed E-state index contributed by atoms with van der Waals surface area (Å²) >= 11 is 0. The van der Waals surface area contributed by atoms with Crippen molar-refractivity contribution in [2.75, 3.05) is 6.54 Å². The molecule has 1 fully saturated rings. The van der Waals surface area contributed by atoms with E-state index in [2.05, 4.69) is 10.7 Å². The topological polar surface area (TPSA) is 136 Å². The average Bonchev–Trinajstić information content (AvgIpc) is 2.54. The Bertz CT molecular complexity index is 482. The molecule has 1 rings (SSSR count). The summed E-state index contributed by atoms with van der Waals surface area (Å²) in [6.07, 6.45) is 5.78. The maximum absolute atomic E-state index is 12.3. The van der Waals surface area contributed by atoms with Crippen LogP contribution in [0.5, 0.6) is 0 Å². The Balaban J connectivity index is 2.87. The lowest BCUT2D eigenvalue weighted by atomic mass is 10.1. The van der Waals surface area contributed by atoms with Crippen LogP contribution >= 0.6 is 0 Å². The van der Waals surface area contributed by atoms with Gasteiger partial charge in [-0.1, -0.05) is 38.5 Å². The maximum Gasteiger partial charge on any atom is 0.348 e. The minimum Gasteiger partial charge on any atom is -0.480 e. The zero-order chi connectivity index (χ0) is 18.7. The van der Waals surface area contributed by atoms with Gasteiger partial charge in [0.05, 0.1) is 0 Å². The van der Waals surface area contributed by atoms with E-state index in [4.69, 9.17) is 5.11 Å². The number of hydrogen-bond acceptors (Lipinski definition) is 5. The largest absolute Gasteiger partial charge is 0.480 e. The van der Waals surface area contributed by atoms with Gasteiger partial charge in [0, 0.05) is 12.8 Å². The van der Waals surface area contributed by atoms with E-state index in [-0.39, 0.29) is 12.8 Å². The predicted molar refractivity (Wildman–Crippen MR) is 88.2 cm³/mol. The Morgan fingerprint density at radius 2 is 1.48 bits per heavy atom. The summed E-state index contributed by atoms with van der Waals surface area (Å²) in [6, 6.07) is 0. The van der Waals surface area contributed by atoms with Crippen LogP contribution < -0.4 is 10.7 Å². The summed E-state index contributed by atoms with van der Waals surface area (Å²) in [5.74, 6) is -3.69. The fourth-order valence-electron chi connectivity index (χ4n) is 2.68. The molecule has 1 atom stereocenters. The molecule has 1 aliphatic rings. The smallest absolute Gasteiger partial charge is 0.348 e. The lowest BCUT2D eigenvalue weighted by molar-refractivity contribution is -0.158. The molecular weight excluding hydrogens is 330 g/mol. The minimum absolute atomic E-state index is 0.0896. The Hall–Kier alpha value is -2.16. The number of nitrogens with zero attached hydrogens (tertiary/aromatic N) is 1. The number of hydrazine groups is 1. The van der Waals surface area contributed by atoms with Crippen LogP contribution in [-0.2, 0) is 19.2 Å². The fourth-order valence-corrected chi connectivity index (χ4v) is 2.68. The number of carbonyl (C=O) groups is 4. The summed E-state index contributed by atoms with van der Waals surface area (Å²) in [5.41, 5.74) is 2.30. The van der Waals surface area contributed by atoms with Crippen molar-refractivity contribution in [1.82, 2.24) is 15.8 Å². The number of rotatable bonds is 4. The van der Waals surface area contributed by atoms with Gasteiger partial charge in [0.25, 0.3) is 0 Å². The van der Waals surface area contributed by atoms with Gasteiger partial charge in [-0.2, -0.15) is 0 Å². The summed E-state index contributed by atoms with van der Waals surface area (Å²) in [6.45, 7) is -0.620. The fraction of sp³-hybridized carbons (Fsp3) is 0.750. The minimum atomic E-state index is -1.63. The van der Waals surface area contributed by atoms with Crippen molar-refractivity contribution in [3.63, 3.8) is 0 Å². The van der Waals surface area contributed by atoms with E-state index < -0.39 is 36.5 Å². The number of aliphatic carboxylic acids is 2. The molecule has 0 radical (unpaired) electrons. The number of carboxylic acid groups (broad SMARTS) is 2. The van der Waals surface area contributed by atoms with Crippen molar-refractivity contribution in [2.24, 2.45) is 0 Å². The molecule has 1 heterocycles. The van der Waals surface area contributed by atoms with Crippen LogP contribution in [0.15, 0.2) is 0 Å². The first kappa shape index (κ1) is 20.9. The van der Waals surface area contributed by atoms with Gasteiger partial charge in [-0.3, -0.25) is 14.4 Å². The monoisotopic (exact) mass is 357 g/mol. The third-order valence-corrected chi connectivity index (χ3v) is 4.00. The summed E-state index contributed by atoms with van der Waals surface area (Å²) in [4.78, 5) is 46.6. The molecule has 0 spiro atoms. The molecule has 1 unspecified atom stereocenters. The number of amides is 2. The van der Waals surface area contributed by atoms with E-state index >= 15 is 0 Å². The van der Waals surface area contributed by atoms with E-state index in [1.54, 1.807) is 0 Å². The molecular formula is C16H27N3O6. The lowest BCUT2D eigenvalue weighted by Gasteiger charge is -2.29. The summed E-state index contributed by atoms with van der Waals surface area (Å²) < 4.78 is 0. The third-order valence-electron chi connectivity index (χ3n) is 4.00. The molecule has 0 aliphatic carbocycles. The van der Waals surface area contributed by atoms with Crippen LogP contribution in [0.25, 0.3) is 0 Å². The van der Waals surface area contributed by atoms with E-state index in [0.29, 0.717) is 17.9 Å². The summed E-state index contributed by atoms with van der Waals surface area (Å²) in [7, 11) is 0. The molecule has 2 amide bonds.